The van der Waals surface area contributed by atoms with E-state index < -0.39 is 16.1 Å². The molecule has 4 aromatic rings. The van der Waals surface area contributed by atoms with Crippen LogP contribution in [0, 0.1) is 11.6 Å². The molecule has 33 heavy (non-hydrogen) atoms. The molecule has 0 bridgehead atoms. The van der Waals surface area contributed by atoms with E-state index in [9.17, 15) is 0 Å². The highest BCUT2D eigenvalue weighted by atomic mass is 31.2. The van der Waals surface area contributed by atoms with Crippen molar-refractivity contribution in [3.8, 4) is 0 Å². The molecular weight excluding hydrogens is 450 g/mol. The number of halogens is 2. The Morgan fingerprint density at radius 1 is 0.576 bits per heavy atom. The minimum absolute atomic E-state index is 0.288. The molecule has 4 aromatic carbocycles. The first kappa shape index (κ1) is 23.7. The standard InChI is InChI=1S/C28H27F2NP2/c1-2-3-22-31(32(23-14-6-4-7-15-23)24-16-8-5-9-17-24)33(27-20-12-10-18-25(27)29)28-21-13-11-19-26(28)30/h4-21H,2-3,22H2,1H3. The molecule has 0 aliphatic heterocycles. The van der Waals surface area contributed by atoms with Gasteiger partial charge in [-0.1, -0.05) is 98.3 Å². The molecule has 0 atom stereocenters. The van der Waals surface area contributed by atoms with Crippen molar-refractivity contribution in [3.05, 3.63) is 121 Å². The molecule has 0 fully saturated rings. The van der Waals surface area contributed by atoms with Crippen molar-refractivity contribution in [1.29, 1.82) is 0 Å². The fraction of sp³-hybridized carbons (Fsp3) is 0.143. The van der Waals surface area contributed by atoms with Crippen molar-refractivity contribution in [3.63, 3.8) is 0 Å². The highest BCUT2D eigenvalue weighted by Crippen LogP contribution is 2.55. The molecule has 0 aromatic heterocycles. The summed E-state index contributed by atoms with van der Waals surface area (Å²) in [6, 6.07) is 34.4. The molecule has 0 N–H and O–H groups in total. The van der Waals surface area contributed by atoms with Gasteiger partial charge < -0.3 is 0 Å². The van der Waals surface area contributed by atoms with Gasteiger partial charge in [0.1, 0.15) is 11.6 Å². The zero-order valence-corrected chi connectivity index (χ0v) is 20.4. The van der Waals surface area contributed by atoms with Crippen LogP contribution in [-0.4, -0.2) is 11.0 Å². The lowest BCUT2D eigenvalue weighted by atomic mass is 10.3. The Morgan fingerprint density at radius 2 is 1.00 bits per heavy atom. The van der Waals surface area contributed by atoms with E-state index in [2.05, 4.69) is 35.6 Å². The van der Waals surface area contributed by atoms with Gasteiger partial charge in [0.05, 0.1) is 0 Å². The van der Waals surface area contributed by atoms with Crippen LogP contribution in [-0.2, 0) is 0 Å². The van der Waals surface area contributed by atoms with Crippen LogP contribution in [0.15, 0.2) is 109 Å². The van der Waals surface area contributed by atoms with Gasteiger partial charge in [-0.05, 0) is 41.3 Å². The summed E-state index contributed by atoms with van der Waals surface area (Å²) in [6.45, 7) is 2.90. The van der Waals surface area contributed by atoms with Crippen molar-refractivity contribution in [2.45, 2.75) is 19.8 Å². The first-order valence-corrected chi connectivity index (χ1v) is 13.8. The molecule has 5 heteroatoms. The number of rotatable bonds is 9. The van der Waals surface area contributed by atoms with Gasteiger partial charge in [-0.15, -0.1) is 0 Å². The van der Waals surface area contributed by atoms with Gasteiger partial charge in [0.25, 0.3) is 0 Å². The molecule has 0 unspecified atom stereocenters. The van der Waals surface area contributed by atoms with Crippen LogP contribution in [0.25, 0.3) is 0 Å². The van der Waals surface area contributed by atoms with Crippen molar-refractivity contribution in [2.24, 2.45) is 0 Å². The number of benzene rings is 4. The minimum atomic E-state index is -1.44. The van der Waals surface area contributed by atoms with E-state index >= 15 is 8.78 Å². The van der Waals surface area contributed by atoms with Gasteiger partial charge in [0.15, 0.2) is 0 Å². The molecule has 0 saturated carbocycles. The summed E-state index contributed by atoms with van der Waals surface area (Å²) in [5.41, 5.74) is 0. The average Bonchev–Trinajstić information content (AvgIpc) is 2.86. The third-order valence-corrected chi connectivity index (χ3v) is 10.9. The zero-order chi connectivity index (χ0) is 23.0. The smallest absolute Gasteiger partial charge is 0.132 e. The maximum Gasteiger partial charge on any atom is 0.132 e. The van der Waals surface area contributed by atoms with Gasteiger partial charge in [-0.2, -0.15) is 0 Å². The van der Waals surface area contributed by atoms with Crippen molar-refractivity contribution >= 4 is 37.4 Å². The van der Waals surface area contributed by atoms with Gasteiger partial charge in [-0.3, -0.25) is 0 Å². The molecule has 0 radical (unpaired) electrons. The maximum absolute atomic E-state index is 15.3. The summed E-state index contributed by atoms with van der Waals surface area (Å²) in [6.07, 6.45) is 1.95. The first-order valence-electron chi connectivity index (χ1n) is 11.2. The monoisotopic (exact) mass is 477 g/mol. The molecule has 0 saturated heterocycles. The van der Waals surface area contributed by atoms with Gasteiger partial charge in [0, 0.05) is 33.3 Å². The van der Waals surface area contributed by atoms with Crippen LogP contribution in [0.2, 0.25) is 0 Å². The van der Waals surface area contributed by atoms with Crippen molar-refractivity contribution < 1.29 is 8.78 Å². The summed E-state index contributed by atoms with van der Waals surface area (Å²) in [5, 5.41) is 3.48. The van der Waals surface area contributed by atoms with Crippen molar-refractivity contribution in [1.82, 2.24) is 4.44 Å². The van der Waals surface area contributed by atoms with Crippen LogP contribution in [0.3, 0.4) is 0 Å². The molecule has 168 valence electrons. The van der Waals surface area contributed by atoms with Crippen LogP contribution in [0.5, 0.6) is 0 Å². The van der Waals surface area contributed by atoms with E-state index in [0.717, 1.165) is 19.4 Å². The lowest BCUT2D eigenvalue weighted by molar-refractivity contribution is 0.623. The molecule has 0 aliphatic carbocycles. The average molecular weight is 477 g/mol. The predicted octanol–water partition coefficient (Wildman–Crippen LogP) is 6.46. The fourth-order valence-electron chi connectivity index (χ4n) is 3.77. The van der Waals surface area contributed by atoms with E-state index in [1.165, 1.54) is 22.7 Å². The molecule has 0 aliphatic rings. The Kier molecular flexibility index (Phi) is 8.35. The Morgan fingerprint density at radius 3 is 1.42 bits per heavy atom. The molecule has 0 amide bonds. The summed E-state index contributed by atoms with van der Waals surface area (Å²) < 4.78 is 32.9. The Labute approximate surface area is 197 Å². The second-order valence-electron chi connectivity index (χ2n) is 7.65. The number of unbranched alkanes of at least 4 members (excludes halogenated alkanes) is 1. The molecule has 0 heterocycles. The third kappa shape index (κ3) is 5.56. The third-order valence-electron chi connectivity index (χ3n) is 5.34. The largest absolute Gasteiger partial charge is 0.245 e. The lowest BCUT2D eigenvalue weighted by Crippen LogP contribution is -2.34. The second kappa shape index (κ2) is 11.6. The highest BCUT2D eigenvalue weighted by Gasteiger charge is 2.33. The van der Waals surface area contributed by atoms with Crippen LogP contribution >= 0.6 is 16.1 Å². The molecule has 4 rings (SSSR count). The van der Waals surface area contributed by atoms with Crippen molar-refractivity contribution in [2.75, 3.05) is 6.54 Å². The minimum Gasteiger partial charge on any atom is -0.245 e. The summed E-state index contributed by atoms with van der Waals surface area (Å²) in [4.78, 5) is 0. The van der Waals surface area contributed by atoms with Gasteiger partial charge in [0.2, 0.25) is 0 Å². The van der Waals surface area contributed by atoms with Gasteiger partial charge >= 0.3 is 0 Å². The molecular formula is C28H27F2NP2. The zero-order valence-electron chi connectivity index (χ0n) is 18.6. The van der Waals surface area contributed by atoms with Crippen LogP contribution < -0.4 is 21.2 Å². The fourth-order valence-corrected chi connectivity index (χ4v) is 9.87. The summed E-state index contributed by atoms with van der Waals surface area (Å²) in [5.74, 6) is -0.575. The topological polar surface area (TPSA) is 3.24 Å². The Hall–Kier alpha value is -2.44. The van der Waals surface area contributed by atoms with Crippen LogP contribution in [0.4, 0.5) is 8.78 Å². The van der Waals surface area contributed by atoms with E-state index in [1.807, 2.05) is 60.7 Å². The van der Waals surface area contributed by atoms with E-state index in [-0.39, 0.29) is 11.6 Å². The first-order chi connectivity index (χ1) is 16.2. The highest BCUT2D eigenvalue weighted by molar-refractivity contribution is 7.84. The van der Waals surface area contributed by atoms with E-state index in [0.29, 0.717) is 10.6 Å². The quantitative estimate of drug-likeness (QED) is 0.250. The van der Waals surface area contributed by atoms with Crippen LogP contribution in [0.1, 0.15) is 19.8 Å². The summed E-state index contributed by atoms with van der Waals surface area (Å²) >= 11 is 0. The van der Waals surface area contributed by atoms with E-state index in [4.69, 9.17) is 0 Å². The second-order valence-corrected chi connectivity index (χ2v) is 12.2. The maximum atomic E-state index is 15.3. The molecule has 1 nitrogen and oxygen atoms in total. The Bertz CT molecular complexity index is 1070. The SMILES string of the molecule is CCCCN(P(c1ccccc1)c1ccccc1)P(c1ccccc1F)c1ccccc1F. The number of hydrogen-bond acceptors (Lipinski definition) is 1. The lowest BCUT2D eigenvalue weighted by Gasteiger charge is -2.39. The number of hydrogen-bond donors (Lipinski definition) is 0. The number of nitrogens with zero attached hydrogens (tertiary/aromatic N) is 1. The van der Waals surface area contributed by atoms with Gasteiger partial charge in [-0.25, -0.2) is 13.2 Å². The summed E-state index contributed by atoms with van der Waals surface area (Å²) in [7, 11) is -2.45. The van der Waals surface area contributed by atoms with E-state index in [1.54, 1.807) is 12.1 Å². The molecule has 0 spiro atoms. The predicted molar refractivity (Wildman–Crippen MR) is 140 cm³/mol. The normalized spacial score (nSPS) is 11.5. The Balaban J connectivity index is 1.96.